The number of anilines is 1. The molecule has 1 N–H and O–H groups in total. The number of rotatable bonds is 4. The second kappa shape index (κ2) is 7.23. The second-order valence-corrected chi connectivity index (χ2v) is 8.10. The quantitative estimate of drug-likeness (QED) is 0.825. The van der Waals surface area contributed by atoms with Gasteiger partial charge in [-0.3, -0.25) is 9.48 Å². The summed E-state index contributed by atoms with van der Waals surface area (Å²) in [5.74, 6) is -0.584. The van der Waals surface area contributed by atoms with Gasteiger partial charge in [0.1, 0.15) is 5.00 Å². The monoisotopic (exact) mass is 375 g/mol. The van der Waals surface area contributed by atoms with Gasteiger partial charge >= 0.3 is 5.97 Å². The largest absolute Gasteiger partial charge is 0.459 e. The number of thiophene rings is 1. The zero-order valence-electron chi connectivity index (χ0n) is 15.9. The number of hydrogen-bond donors (Lipinski definition) is 1. The number of nitrogens with zero attached hydrogens (tertiary/aromatic N) is 2. The molecule has 1 aliphatic carbocycles. The van der Waals surface area contributed by atoms with E-state index in [9.17, 15) is 9.59 Å². The maximum Gasteiger partial charge on any atom is 0.341 e. The first kappa shape index (κ1) is 18.6. The Hall–Kier alpha value is -2.15. The molecule has 0 saturated heterocycles. The van der Waals surface area contributed by atoms with Crippen molar-refractivity contribution in [2.45, 2.75) is 59.5 Å². The van der Waals surface area contributed by atoms with Gasteiger partial charge < -0.3 is 10.1 Å². The van der Waals surface area contributed by atoms with E-state index in [1.807, 2.05) is 34.7 Å². The average Bonchev–Trinajstić information content (AvgIpc) is 3.03. The highest BCUT2D eigenvalue weighted by Gasteiger charge is 2.29. The first-order valence-electron chi connectivity index (χ1n) is 8.96. The molecule has 2 heterocycles. The molecule has 0 atom stereocenters. The van der Waals surface area contributed by atoms with Gasteiger partial charge in [-0.15, -0.1) is 11.3 Å². The molecular weight excluding hydrogens is 350 g/mol. The number of carbonyl (C=O) groups is 2. The lowest BCUT2D eigenvalue weighted by atomic mass is 9.95. The Morgan fingerprint density at radius 2 is 1.88 bits per heavy atom. The molecule has 1 aliphatic rings. The molecular formula is C19H25N3O3S. The van der Waals surface area contributed by atoms with Crippen LogP contribution in [0.3, 0.4) is 0 Å². The predicted octanol–water partition coefficient (Wildman–Crippen LogP) is 3.79. The van der Waals surface area contributed by atoms with E-state index in [1.54, 1.807) is 4.68 Å². The molecule has 3 rings (SSSR count). The van der Waals surface area contributed by atoms with E-state index < -0.39 is 0 Å². The number of ether oxygens (including phenoxy) is 1. The maximum absolute atomic E-state index is 12.9. The normalized spacial score (nSPS) is 13.6. The lowest BCUT2D eigenvalue weighted by molar-refractivity contribution is 0.0378. The fourth-order valence-corrected chi connectivity index (χ4v) is 4.68. The van der Waals surface area contributed by atoms with E-state index >= 15 is 0 Å². The van der Waals surface area contributed by atoms with E-state index in [2.05, 4.69) is 10.4 Å². The minimum atomic E-state index is -0.352. The molecule has 0 unspecified atom stereocenters. The summed E-state index contributed by atoms with van der Waals surface area (Å²) < 4.78 is 7.13. The maximum atomic E-state index is 12.9. The zero-order valence-corrected chi connectivity index (χ0v) is 16.7. The van der Waals surface area contributed by atoms with Gasteiger partial charge in [0, 0.05) is 17.6 Å². The summed E-state index contributed by atoms with van der Waals surface area (Å²) in [6, 6.07) is 0. The Kier molecular flexibility index (Phi) is 5.18. The smallest absolute Gasteiger partial charge is 0.341 e. The number of amides is 1. The Labute approximate surface area is 157 Å². The van der Waals surface area contributed by atoms with Crippen molar-refractivity contribution in [1.82, 2.24) is 9.78 Å². The molecule has 0 aliphatic heterocycles. The molecule has 26 heavy (non-hydrogen) atoms. The fourth-order valence-electron chi connectivity index (χ4n) is 3.41. The van der Waals surface area contributed by atoms with E-state index in [0.717, 1.165) is 36.9 Å². The summed E-state index contributed by atoms with van der Waals surface area (Å²) in [7, 11) is 1.81. The number of fused-ring (bicyclic) bond motifs is 1. The van der Waals surface area contributed by atoms with E-state index in [1.165, 1.54) is 16.2 Å². The molecule has 7 heteroatoms. The highest BCUT2D eigenvalue weighted by atomic mass is 32.1. The van der Waals surface area contributed by atoms with Gasteiger partial charge in [-0.05, 0) is 58.9 Å². The third-order valence-corrected chi connectivity index (χ3v) is 5.89. The van der Waals surface area contributed by atoms with Gasteiger partial charge in [0.15, 0.2) is 0 Å². The number of nitrogens with one attached hydrogen (secondary N) is 1. The van der Waals surface area contributed by atoms with Crippen molar-refractivity contribution in [3.8, 4) is 0 Å². The number of aromatic nitrogens is 2. The van der Waals surface area contributed by atoms with Gasteiger partial charge in [-0.2, -0.15) is 5.10 Å². The zero-order chi connectivity index (χ0) is 19.0. The minimum absolute atomic E-state index is 0.201. The number of hydrogen-bond acceptors (Lipinski definition) is 5. The van der Waals surface area contributed by atoms with Crippen LogP contribution >= 0.6 is 11.3 Å². The fraction of sp³-hybridized carbons (Fsp3) is 0.526. The van der Waals surface area contributed by atoms with Crippen LogP contribution in [-0.2, 0) is 24.6 Å². The minimum Gasteiger partial charge on any atom is -0.459 e. The SMILES string of the molecule is Cc1nn(C)c(C)c1C(=O)Nc1sc2c(c1C(=O)OC(C)C)CCCC2. The molecule has 140 valence electrons. The van der Waals surface area contributed by atoms with Crippen LogP contribution in [0.15, 0.2) is 0 Å². The number of carbonyl (C=O) groups excluding carboxylic acids is 2. The summed E-state index contributed by atoms with van der Waals surface area (Å²) in [6.45, 7) is 7.34. The topological polar surface area (TPSA) is 73.2 Å². The molecule has 6 nitrogen and oxygen atoms in total. The van der Waals surface area contributed by atoms with E-state index in [0.29, 0.717) is 21.8 Å². The molecule has 0 fully saturated rings. The van der Waals surface area contributed by atoms with E-state index in [4.69, 9.17) is 4.74 Å². The lowest BCUT2D eigenvalue weighted by Gasteiger charge is -2.14. The molecule has 0 aromatic carbocycles. The number of aryl methyl sites for hydroxylation is 3. The van der Waals surface area contributed by atoms with Crippen LogP contribution in [0.2, 0.25) is 0 Å². The van der Waals surface area contributed by atoms with Crippen LogP contribution in [0.5, 0.6) is 0 Å². The van der Waals surface area contributed by atoms with Gasteiger partial charge in [0.25, 0.3) is 5.91 Å². The average molecular weight is 375 g/mol. The van der Waals surface area contributed by atoms with Gasteiger partial charge in [-0.1, -0.05) is 0 Å². The van der Waals surface area contributed by atoms with Crippen LogP contribution < -0.4 is 5.32 Å². The number of esters is 1. The predicted molar refractivity (Wildman–Crippen MR) is 102 cm³/mol. The Morgan fingerprint density at radius 3 is 2.50 bits per heavy atom. The Bertz CT molecular complexity index is 864. The molecule has 0 saturated carbocycles. The summed E-state index contributed by atoms with van der Waals surface area (Å²) >= 11 is 1.50. The standard InChI is InChI=1S/C19H25N3O3S/c1-10(2)25-19(24)16-13-8-6-7-9-14(13)26-18(16)20-17(23)15-11(3)21-22(5)12(15)4/h10H,6-9H2,1-5H3,(H,20,23). The third-order valence-electron chi connectivity index (χ3n) is 4.68. The van der Waals surface area contributed by atoms with Crippen molar-refractivity contribution >= 4 is 28.2 Å². The lowest BCUT2D eigenvalue weighted by Crippen LogP contribution is -2.18. The van der Waals surface area contributed by atoms with Gasteiger partial charge in [-0.25, -0.2) is 4.79 Å². The van der Waals surface area contributed by atoms with Crippen molar-refractivity contribution in [3.63, 3.8) is 0 Å². The van der Waals surface area contributed by atoms with Crippen LogP contribution in [0, 0.1) is 13.8 Å². The Balaban J connectivity index is 1.98. The first-order chi connectivity index (χ1) is 12.3. The first-order valence-corrected chi connectivity index (χ1v) is 9.78. The Morgan fingerprint density at radius 1 is 1.19 bits per heavy atom. The second-order valence-electron chi connectivity index (χ2n) is 6.99. The molecule has 2 aromatic rings. The summed E-state index contributed by atoms with van der Waals surface area (Å²) in [5, 5.41) is 7.85. The molecule has 0 radical (unpaired) electrons. The van der Waals surface area contributed by atoms with Gasteiger partial charge in [0.05, 0.1) is 22.9 Å². The third kappa shape index (κ3) is 3.40. The van der Waals surface area contributed by atoms with Crippen molar-refractivity contribution in [1.29, 1.82) is 0 Å². The summed E-state index contributed by atoms with van der Waals surface area (Å²) in [4.78, 5) is 26.7. The highest BCUT2D eigenvalue weighted by molar-refractivity contribution is 7.17. The van der Waals surface area contributed by atoms with Crippen molar-refractivity contribution < 1.29 is 14.3 Å². The highest BCUT2D eigenvalue weighted by Crippen LogP contribution is 2.39. The molecule has 2 aromatic heterocycles. The van der Waals surface area contributed by atoms with Crippen molar-refractivity contribution in [2.24, 2.45) is 7.05 Å². The van der Waals surface area contributed by atoms with Crippen LogP contribution in [0.4, 0.5) is 5.00 Å². The van der Waals surface area contributed by atoms with Crippen LogP contribution in [-0.4, -0.2) is 27.8 Å². The van der Waals surface area contributed by atoms with Crippen molar-refractivity contribution in [2.75, 3.05) is 5.32 Å². The molecule has 0 spiro atoms. The van der Waals surface area contributed by atoms with Crippen LogP contribution in [0.25, 0.3) is 0 Å². The van der Waals surface area contributed by atoms with Crippen LogP contribution in [0.1, 0.15) is 69.2 Å². The van der Waals surface area contributed by atoms with Gasteiger partial charge in [0.2, 0.25) is 0 Å². The summed E-state index contributed by atoms with van der Waals surface area (Å²) in [6.07, 6.45) is 3.77. The van der Waals surface area contributed by atoms with Crippen molar-refractivity contribution in [3.05, 3.63) is 33.0 Å². The van der Waals surface area contributed by atoms with E-state index in [-0.39, 0.29) is 18.0 Å². The summed E-state index contributed by atoms with van der Waals surface area (Å²) in [5.41, 5.74) is 3.61. The molecule has 1 amide bonds. The molecule has 0 bridgehead atoms.